The molecule has 25 heavy (non-hydrogen) atoms. The molecule has 2 unspecified atom stereocenters. The summed E-state index contributed by atoms with van der Waals surface area (Å²) in [6, 6.07) is 10.6. The zero-order valence-electron chi connectivity index (χ0n) is 15.0. The minimum absolute atomic E-state index is 0.135. The Morgan fingerprint density at radius 1 is 1.04 bits per heavy atom. The van der Waals surface area contributed by atoms with Crippen LogP contribution in [-0.4, -0.2) is 23.1 Å². The van der Waals surface area contributed by atoms with Gasteiger partial charge in [0.1, 0.15) is 6.61 Å². The van der Waals surface area contributed by atoms with Crippen molar-refractivity contribution in [2.75, 3.05) is 0 Å². The third-order valence-corrected chi connectivity index (χ3v) is 6.16. The van der Waals surface area contributed by atoms with Gasteiger partial charge in [-0.15, -0.1) is 0 Å². The van der Waals surface area contributed by atoms with Crippen LogP contribution in [0.4, 0.5) is 4.79 Å². The van der Waals surface area contributed by atoms with Gasteiger partial charge in [0.15, 0.2) is 0 Å². The number of rotatable bonds is 4. The molecule has 1 aromatic carbocycles. The SMILES string of the molecule is O=C(OCc1ccccc1)N1C2C=C(CC3CCCCC3)CC1CC2. The molecule has 1 saturated carbocycles. The summed E-state index contributed by atoms with van der Waals surface area (Å²) in [6.07, 6.45) is 13.8. The second-order valence-electron chi connectivity index (χ2n) is 7.98. The first-order valence-electron chi connectivity index (χ1n) is 9.98. The Balaban J connectivity index is 1.35. The standard InChI is InChI=1S/C22H29NO2/c24-22(25-16-18-9-5-2-6-10-18)23-20-11-12-21(23)15-19(14-20)13-17-7-3-1-4-8-17/h2,5-6,9-10,14,17,20-21H,1,3-4,7-8,11-13,15-16H2. The van der Waals surface area contributed by atoms with Crippen molar-refractivity contribution in [1.82, 2.24) is 4.90 Å². The van der Waals surface area contributed by atoms with Crippen LogP contribution >= 0.6 is 0 Å². The van der Waals surface area contributed by atoms with Gasteiger partial charge in [-0.3, -0.25) is 4.90 Å². The number of amides is 1. The summed E-state index contributed by atoms with van der Waals surface area (Å²) in [5, 5.41) is 0. The molecule has 2 bridgehead atoms. The van der Waals surface area contributed by atoms with Gasteiger partial charge in [-0.1, -0.05) is 74.1 Å². The van der Waals surface area contributed by atoms with Gasteiger partial charge >= 0.3 is 6.09 Å². The van der Waals surface area contributed by atoms with E-state index < -0.39 is 0 Å². The summed E-state index contributed by atoms with van der Waals surface area (Å²) in [5.41, 5.74) is 2.65. The van der Waals surface area contributed by atoms with Crippen LogP contribution in [0.3, 0.4) is 0 Å². The molecular weight excluding hydrogens is 310 g/mol. The first kappa shape index (κ1) is 16.7. The fraction of sp³-hybridized carbons (Fsp3) is 0.591. The van der Waals surface area contributed by atoms with E-state index in [0.717, 1.165) is 30.7 Å². The second-order valence-corrected chi connectivity index (χ2v) is 7.98. The van der Waals surface area contributed by atoms with Gasteiger partial charge in [0.2, 0.25) is 0 Å². The van der Waals surface area contributed by atoms with Gasteiger partial charge in [-0.05, 0) is 37.2 Å². The number of carbonyl (C=O) groups is 1. The summed E-state index contributed by atoms with van der Waals surface area (Å²) < 4.78 is 5.59. The number of hydrogen-bond acceptors (Lipinski definition) is 2. The number of carbonyl (C=O) groups excluding carboxylic acids is 1. The van der Waals surface area contributed by atoms with Crippen LogP contribution in [0, 0.1) is 5.92 Å². The van der Waals surface area contributed by atoms with E-state index >= 15 is 0 Å². The highest BCUT2D eigenvalue weighted by Gasteiger charge is 2.40. The topological polar surface area (TPSA) is 29.5 Å². The fourth-order valence-electron chi connectivity index (χ4n) is 4.91. The van der Waals surface area contributed by atoms with Gasteiger partial charge in [0.05, 0.1) is 6.04 Å². The number of hydrogen-bond donors (Lipinski definition) is 0. The Kier molecular flexibility index (Phi) is 5.09. The lowest BCUT2D eigenvalue weighted by Gasteiger charge is -2.34. The van der Waals surface area contributed by atoms with Crippen molar-refractivity contribution >= 4 is 6.09 Å². The van der Waals surface area contributed by atoms with E-state index in [2.05, 4.69) is 6.08 Å². The number of fused-ring (bicyclic) bond motifs is 2. The average Bonchev–Trinajstić information content (AvgIpc) is 2.92. The van der Waals surface area contributed by atoms with Crippen molar-refractivity contribution in [2.45, 2.75) is 76.5 Å². The molecule has 0 aromatic heterocycles. The first-order valence-corrected chi connectivity index (χ1v) is 9.98. The quantitative estimate of drug-likeness (QED) is 0.682. The molecule has 2 fully saturated rings. The number of benzene rings is 1. The van der Waals surface area contributed by atoms with Crippen molar-refractivity contribution in [1.29, 1.82) is 0 Å². The van der Waals surface area contributed by atoms with Crippen molar-refractivity contribution in [3.8, 4) is 0 Å². The molecule has 3 aliphatic rings. The third kappa shape index (κ3) is 3.91. The van der Waals surface area contributed by atoms with E-state index in [1.165, 1.54) is 38.5 Å². The van der Waals surface area contributed by atoms with E-state index in [4.69, 9.17) is 4.74 Å². The fourth-order valence-corrected chi connectivity index (χ4v) is 4.91. The van der Waals surface area contributed by atoms with Crippen molar-refractivity contribution < 1.29 is 9.53 Å². The predicted molar refractivity (Wildman–Crippen MR) is 99.2 cm³/mol. The van der Waals surface area contributed by atoms with Crippen LogP contribution in [-0.2, 0) is 11.3 Å². The molecule has 2 heterocycles. The smallest absolute Gasteiger partial charge is 0.410 e. The Morgan fingerprint density at radius 2 is 1.84 bits per heavy atom. The lowest BCUT2D eigenvalue weighted by molar-refractivity contribution is 0.0812. The molecular formula is C22H29NO2. The van der Waals surface area contributed by atoms with Crippen LogP contribution in [0.15, 0.2) is 42.0 Å². The van der Waals surface area contributed by atoms with Gasteiger partial charge in [0.25, 0.3) is 0 Å². The molecule has 2 aliphatic heterocycles. The summed E-state index contributed by atoms with van der Waals surface area (Å²) in [4.78, 5) is 14.6. The van der Waals surface area contributed by atoms with E-state index in [0.29, 0.717) is 12.6 Å². The minimum Gasteiger partial charge on any atom is -0.445 e. The van der Waals surface area contributed by atoms with Gasteiger partial charge in [0, 0.05) is 6.04 Å². The van der Waals surface area contributed by atoms with E-state index in [1.54, 1.807) is 5.57 Å². The maximum absolute atomic E-state index is 12.6. The Bertz CT molecular complexity index is 618. The molecule has 134 valence electrons. The Morgan fingerprint density at radius 3 is 2.60 bits per heavy atom. The maximum Gasteiger partial charge on any atom is 0.410 e. The van der Waals surface area contributed by atoms with Crippen molar-refractivity contribution in [3.63, 3.8) is 0 Å². The maximum atomic E-state index is 12.6. The molecule has 2 atom stereocenters. The third-order valence-electron chi connectivity index (χ3n) is 6.16. The van der Waals surface area contributed by atoms with Crippen LogP contribution in [0.25, 0.3) is 0 Å². The van der Waals surface area contributed by atoms with Crippen LogP contribution in [0.2, 0.25) is 0 Å². The highest BCUT2D eigenvalue weighted by Crippen LogP contribution is 2.39. The second kappa shape index (κ2) is 7.63. The van der Waals surface area contributed by atoms with Gasteiger partial charge in [-0.2, -0.15) is 0 Å². The van der Waals surface area contributed by atoms with Crippen molar-refractivity contribution in [2.24, 2.45) is 5.92 Å². The Labute approximate surface area is 151 Å². The van der Waals surface area contributed by atoms with Crippen LogP contribution < -0.4 is 0 Å². The summed E-state index contributed by atoms with van der Waals surface area (Å²) >= 11 is 0. The lowest BCUT2D eigenvalue weighted by Crippen LogP contribution is -2.43. The minimum atomic E-state index is -0.135. The summed E-state index contributed by atoms with van der Waals surface area (Å²) in [7, 11) is 0. The molecule has 1 aromatic rings. The molecule has 1 amide bonds. The molecule has 0 radical (unpaired) electrons. The molecule has 0 N–H and O–H groups in total. The van der Waals surface area contributed by atoms with E-state index in [1.807, 2.05) is 35.2 Å². The normalized spacial score (nSPS) is 26.4. The van der Waals surface area contributed by atoms with Crippen LogP contribution in [0.5, 0.6) is 0 Å². The first-order chi connectivity index (χ1) is 12.3. The zero-order valence-corrected chi connectivity index (χ0v) is 15.0. The molecule has 3 heteroatoms. The monoisotopic (exact) mass is 339 g/mol. The zero-order chi connectivity index (χ0) is 17.1. The molecule has 1 saturated heterocycles. The summed E-state index contributed by atoms with van der Waals surface area (Å²) in [5.74, 6) is 0.885. The van der Waals surface area contributed by atoms with Gasteiger partial charge in [-0.25, -0.2) is 4.79 Å². The molecule has 1 aliphatic carbocycles. The molecule has 0 spiro atoms. The number of ether oxygens (including phenoxy) is 1. The highest BCUT2D eigenvalue weighted by molar-refractivity contribution is 5.70. The Hall–Kier alpha value is -1.77. The predicted octanol–water partition coefficient (Wildman–Crippen LogP) is 5.46. The van der Waals surface area contributed by atoms with E-state index in [9.17, 15) is 4.79 Å². The molecule has 4 rings (SSSR count). The molecule has 3 nitrogen and oxygen atoms in total. The lowest BCUT2D eigenvalue weighted by atomic mass is 9.82. The largest absolute Gasteiger partial charge is 0.445 e. The van der Waals surface area contributed by atoms with Gasteiger partial charge < -0.3 is 4.74 Å². The van der Waals surface area contributed by atoms with E-state index in [-0.39, 0.29) is 12.1 Å². The van der Waals surface area contributed by atoms with Crippen molar-refractivity contribution in [3.05, 3.63) is 47.5 Å². The van der Waals surface area contributed by atoms with Crippen LogP contribution in [0.1, 0.15) is 63.4 Å². The number of nitrogens with zero attached hydrogens (tertiary/aromatic N) is 1. The highest BCUT2D eigenvalue weighted by atomic mass is 16.6. The average molecular weight is 339 g/mol. The summed E-state index contributed by atoms with van der Waals surface area (Å²) in [6.45, 7) is 0.369.